The lowest BCUT2D eigenvalue weighted by atomic mass is 10.2. The Morgan fingerprint density at radius 2 is 1.59 bits per heavy atom. The molecule has 108 valence electrons. The first-order chi connectivity index (χ1) is 10.9. The van der Waals surface area contributed by atoms with Gasteiger partial charge >= 0.3 is 6.07 Å². The van der Waals surface area contributed by atoms with E-state index in [-0.39, 0.29) is 0 Å². The molecule has 0 unspecified atom stereocenters. The molecule has 2 rings (SSSR count). The van der Waals surface area contributed by atoms with Gasteiger partial charge < -0.3 is 0 Å². The van der Waals surface area contributed by atoms with Gasteiger partial charge in [0.1, 0.15) is 11.5 Å². The smallest absolute Gasteiger partial charge is 0.193 e. The summed E-state index contributed by atoms with van der Waals surface area (Å²) in [6.45, 7) is 1.28. The fraction of sp³-hybridized carbons (Fsp3) is 0.111. The summed E-state index contributed by atoms with van der Waals surface area (Å²) >= 11 is 0. The average Bonchev–Trinajstić information content (AvgIpc) is 2.58. The van der Waals surface area contributed by atoms with Gasteiger partial charge in [0, 0.05) is 17.7 Å². The number of nitrogens with one attached hydrogen (secondary N) is 1. The number of nitrogens with zero attached hydrogens (tertiary/aromatic N) is 3. The monoisotopic (exact) mass is 289 g/mol. The Labute approximate surface area is 130 Å². The second-order valence-electron chi connectivity index (χ2n) is 4.56. The van der Waals surface area contributed by atoms with Crippen LogP contribution in [0.25, 0.3) is 4.95 Å². The minimum atomic E-state index is 0.612. The zero-order valence-electron chi connectivity index (χ0n) is 12.2. The van der Waals surface area contributed by atoms with Gasteiger partial charge in [-0.2, -0.15) is 10.7 Å². The van der Waals surface area contributed by atoms with E-state index in [2.05, 4.69) is 28.6 Å². The normalized spacial score (nSPS) is 9.77. The molecule has 0 radical (unpaired) electrons. The highest BCUT2D eigenvalue weighted by Gasteiger charge is 2.10. The van der Waals surface area contributed by atoms with Crippen molar-refractivity contribution in [1.82, 2.24) is 10.5 Å². The lowest BCUT2D eigenvalue weighted by molar-refractivity contribution is 0.254. The molecule has 1 N–H and O–H groups in total. The summed E-state index contributed by atoms with van der Waals surface area (Å²) < 4.78 is 0. The van der Waals surface area contributed by atoms with E-state index >= 15 is 0 Å². The fourth-order valence-corrected chi connectivity index (χ4v) is 1.84. The van der Waals surface area contributed by atoms with Gasteiger partial charge in [0.25, 0.3) is 0 Å². The predicted molar refractivity (Wildman–Crippen MR) is 87.3 cm³/mol. The third-order valence-electron chi connectivity index (χ3n) is 2.89. The van der Waals surface area contributed by atoms with Crippen LogP contribution in [-0.2, 0) is 13.1 Å². The number of benzene rings is 2. The van der Waals surface area contributed by atoms with Crippen LogP contribution in [0.5, 0.6) is 0 Å². The van der Waals surface area contributed by atoms with Crippen LogP contribution in [0.2, 0.25) is 0 Å². The first-order valence-electron chi connectivity index (χ1n) is 6.98. The molecule has 0 fully saturated rings. The Morgan fingerprint density at radius 3 is 2.23 bits per heavy atom. The quantitative estimate of drug-likeness (QED) is 0.676. The van der Waals surface area contributed by atoms with Crippen molar-refractivity contribution in [3.05, 3.63) is 88.9 Å². The van der Waals surface area contributed by atoms with Crippen molar-refractivity contribution in [2.45, 2.75) is 13.1 Å². The van der Waals surface area contributed by atoms with E-state index < -0.39 is 0 Å². The molecule has 0 atom stereocenters. The highest BCUT2D eigenvalue weighted by Crippen LogP contribution is 2.04. The molecule has 2 aromatic carbocycles. The van der Waals surface area contributed by atoms with Crippen molar-refractivity contribution >= 4 is 0 Å². The third-order valence-corrected chi connectivity index (χ3v) is 2.89. The van der Waals surface area contributed by atoms with Crippen LogP contribution in [-0.4, -0.2) is 5.12 Å². The van der Waals surface area contributed by atoms with Gasteiger partial charge in [0.15, 0.2) is 0 Å². The van der Waals surface area contributed by atoms with E-state index in [1.807, 2.05) is 54.6 Å². The van der Waals surface area contributed by atoms with E-state index in [0.29, 0.717) is 13.1 Å². The van der Waals surface area contributed by atoms with Crippen LogP contribution in [0.4, 0.5) is 0 Å². The Kier molecular flexibility index (Phi) is 6.24. The van der Waals surface area contributed by atoms with Gasteiger partial charge in [0.2, 0.25) is 0 Å². The second-order valence-corrected chi connectivity index (χ2v) is 4.56. The summed E-state index contributed by atoms with van der Waals surface area (Å²) in [5.74, 6) is 0. The molecule has 0 amide bonds. The average molecular weight is 289 g/mol. The molecule has 4 nitrogen and oxygen atoms in total. The molecule has 0 bridgehead atoms. The highest BCUT2D eigenvalue weighted by molar-refractivity contribution is 5.18. The largest absolute Gasteiger partial charge is 0.352 e. The van der Waals surface area contributed by atoms with Gasteiger partial charge in [-0.05, 0) is 11.1 Å². The van der Waals surface area contributed by atoms with E-state index in [9.17, 15) is 0 Å². The molecule has 0 aliphatic carbocycles. The zero-order chi connectivity index (χ0) is 15.5. The summed E-state index contributed by atoms with van der Waals surface area (Å²) in [6, 6.07) is 24.8. The van der Waals surface area contributed by atoms with Crippen LogP contribution in [0.15, 0.2) is 72.8 Å². The van der Waals surface area contributed by atoms with Crippen LogP contribution in [0.1, 0.15) is 11.1 Å². The maximum Gasteiger partial charge on any atom is 0.352 e. The summed E-state index contributed by atoms with van der Waals surface area (Å²) in [5, 5.41) is 10.2. The Morgan fingerprint density at radius 1 is 0.955 bits per heavy atom. The van der Waals surface area contributed by atoms with Crippen LogP contribution in [0.3, 0.4) is 0 Å². The lowest BCUT2D eigenvalue weighted by Crippen LogP contribution is -2.31. The summed E-state index contributed by atoms with van der Waals surface area (Å²) in [7, 11) is 0. The molecule has 0 saturated heterocycles. The number of hydrogen-bond acceptors (Lipinski definition) is 3. The first kappa shape index (κ1) is 15.3. The lowest BCUT2D eigenvalue weighted by Gasteiger charge is -2.08. The van der Waals surface area contributed by atoms with Crippen molar-refractivity contribution in [1.29, 1.82) is 5.26 Å². The molecule has 0 aliphatic heterocycles. The molecular weight excluding hydrogens is 272 g/mol. The summed E-state index contributed by atoms with van der Waals surface area (Å²) in [5.41, 5.74) is 5.56. The molecule has 0 heterocycles. The topological polar surface area (TPSA) is 43.4 Å². The molecule has 2 aromatic rings. The van der Waals surface area contributed by atoms with Crippen molar-refractivity contribution in [2.24, 2.45) is 0 Å². The van der Waals surface area contributed by atoms with E-state index in [4.69, 9.17) is 5.26 Å². The van der Waals surface area contributed by atoms with Gasteiger partial charge in [-0.3, -0.25) is 0 Å². The third kappa shape index (κ3) is 5.50. The predicted octanol–water partition coefficient (Wildman–Crippen LogP) is 3.52. The Bertz CT molecular complexity index is 691. The van der Waals surface area contributed by atoms with Gasteiger partial charge in [-0.1, -0.05) is 60.7 Å². The first-order valence-corrected chi connectivity index (χ1v) is 6.98. The molecule has 0 spiro atoms. The summed E-state index contributed by atoms with van der Waals surface area (Å²) in [6.07, 6.45) is 2.82. The maximum absolute atomic E-state index is 8.47. The maximum atomic E-state index is 8.47. The molecule has 0 saturated carbocycles. The van der Waals surface area contributed by atoms with Crippen molar-refractivity contribution < 1.29 is 0 Å². The van der Waals surface area contributed by atoms with Crippen LogP contribution < -0.4 is 5.43 Å². The molecule has 0 aliphatic rings. The number of hydrazine groups is 1. The van der Waals surface area contributed by atoms with Crippen LogP contribution in [0, 0.1) is 17.4 Å². The minimum Gasteiger partial charge on any atom is -0.193 e. The molecule has 22 heavy (non-hydrogen) atoms. The van der Waals surface area contributed by atoms with Gasteiger partial charge in [-0.25, -0.2) is 0 Å². The SMILES string of the molecule is N#CC=CC#[N+]N(Cc1ccccc1)NCc1ccccc1. The molecule has 0 aromatic heterocycles. The zero-order valence-corrected chi connectivity index (χ0v) is 12.2. The van der Waals surface area contributed by atoms with E-state index in [0.717, 1.165) is 5.56 Å². The number of rotatable bonds is 5. The molecule has 4 heteroatoms. The number of allylic oxidation sites excluding steroid dienone is 2. The minimum absolute atomic E-state index is 0.612. The highest BCUT2D eigenvalue weighted by atomic mass is 15.7. The Hall–Kier alpha value is -3.08. The van der Waals surface area contributed by atoms with Gasteiger partial charge in [-0.15, -0.1) is 0 Å². The molecular formula is C18H17N4+. The van der Waals surface area contributed by atoms with Crippen molar-refractivity contribution in [2.75, 3.05) is 0 Å². The number of hydrogen-bond donors (Lipinski definition) is 1. The van der Waals surface area contributed by atoms with E-state index in [1.165, 1.54) is 17.7 Å². The standard InChI is InChI=1S/C18H17N4/c19-13-7-8-14-20-22(16-18-11-5-2-6-12-18)21-15-17-9-3-1-4-10-17/h1-12,21H,15-16H2/q+1. The van der Waals surface area contributed by atoms with Gasteiger partial charge in [0.05, 0.1) is 12.1 Å². The number of nitriles is 1. The fourth-order valence-electron chi connectivity index (χ4n) is 1.84. The Balaban J connectivity index is 2.02. The second kappa shape index (κ2) is 8.97. The van der Waals surface area contributed by atoms with Crippen molar-refractivity contribution in [3.8, 4) is 12.1 Å². The van der Waals surface area contributed by atoms with Crippen LogP contribution >= 0.6 is 0 Å². The van der Waals surface area contributed by atoms with Crippen molar-refractivity contribution in [3.63, 3.8) is 0 Å². The van der Waals surface area contributed by atoms with E-state index in [1.54, 1.807) is 5.12 Å². The summed E-state index contributed by atoms with van der Waals surface area (Å²) in [4.78, 5) is 4.21.